The van der Waals surface area contributed by atoms with Crippen molar-refractivity contribution in [2.24, 2.45) is 5.92 Å². The molecule has 1 aliphatic carbocycles. The minimum absolute atomic E-state index is 0.257. The number of rotatable bonds is 6. The maximum atomic E-state index is 9.40. The average Bonchev–Trinajstić information content (AvgIpc) is 2.88. The minimum Gasteiger partial charge on any atom is -0.302 e. The fourth-order valence-electron chi connectivity index (χ4n) is 2.99. The molecule has 1 saturated carbocycles. The van der Waals surface area contributed by atoms with Gasteiger partial charge in [0.05, 0.1) is 6.07 Å². The third-order valence-electron chi connectivity index (χ3n) is 4.19. The van der Waals surface area contributed by atoms with Crippen LogP contribution < -0.4 is 5.32 Å². The highest BCUT2D eigenvalue weighted by Crippen LogP contribution is 2.38. The summed E-state index contributed by atoms with van der Waals surface area (Å²) in [5, 5.41) is 12.7. The maximum Gasteiger partial charge on any atom is 0.109 e. The Bertz CT molecular complexity index is 426. The van der Waals surface area contributed by atoms with Crippen molar-refractivity contribution in [2.75, 3.05) is 12.8 Å². The van der Waals surface area contributed by atoms with E-state index >= 15 is 0 Å². The average molecular weight is 274 g/mol. The first-order valence-electron chi connectivity index (χ1n) is 7.02. The van der Waals surface area contributed by atoms with Crippen LogP contribution in [0, 0.1) is 17.2 Å². The zero-order valence-electron chi connectivity index (χ0n) is 11.6. The molecule has 0 aromatic heterocycles. The number of benzene rings is 1. The second-order valence-corrected chi connectivity index (χ2v) is 6.35. The third-order valence-corrected chi connectivity index (χ3v) is 5.25. The minimum atomic E-state index is -0.257. The summed E-state index contributed by atoms with van der Waals surface area (Å²) in [6, 6.07) is 13.1. The molecule has 3 heteroatoms. The topological polar surface area (TPSA) is 35.8 Å². The van der Waals surface area contributed by atoms with Crippen molar-refractivity contribution in [1.29, 1.82) is 5.26 Å². The zero-order chi connectivity index (χ0) is 13.6. The second kappa shape index (κ2) is 6.98. The summed E-state index contributed by atoms with van der Waals surface area (Å²) in [5.41, 5.74) is 1.13. The molecular formula is C16H22N2S. The molecule has 2 atom stereocenters. The van der Waals surface area contributed by atoms with Gasteiger partial charge in [-0.3, -0.25) is 0 Å². The van der Waals surface area contributed by atoms with Gasteiger partial charge in [0.15, 0.2) is 0 Å². The van der Waals surface area contributed by atoms with Crippen molar-refractivity contribution in [2.45, 2.75) is 37.0 Å². The lowest BCUT2D eigenvalue weighted by Gasteiger charge is -2.28. The van der Waals surface area contributed by atoms with Crippen LogP contribution in [0.15, 0.2) is 30.3 Å². The van der Waals surface area contributed by atoms with E-state index in [9.17, 15) is 5.26 Å². The smallest absolute Gasteiger partial charge is 0.109 e. The lowest BCUT2D eigenvalue weighted by Crippen LogP contribution is -2.44. The normalized spacial score (nSPS) is 26.2. The molecule has 2 unspecified atom stereocenters. The van der Waals surface area contributed by atoms with Gasteiger partial charge in [0.25, 0.3) is 0 Å². The molecule has 1 aromatic rings. The van der Waals surface area contributed by atoms with Gasteiger partial charge in [-0.15, -0.1) is 0 Å². The quantitative estimate of drug-likeness (QED) is 0.805. The molecule has 0 saturated heterocycles. The molecular weight excluding hydrogens is 252 g/mol. The molecule has 0 aliphatic heterocycles. The van der Waals surface area contributed by atoms with E-state index in [0.29, 0.717) is 5.92 Å². The Labute approximate surface area is 120 Å². The number of nitriles is 1. The number of hydrogen-bond acceptors (Lipinski definition) is 3. The van der Waals surface area contributed by atoms with Crippen LogP contribution in [-0.4, -0.2) is 18.3 Å². The van der Waals surface area contributed by atoms with Crippen LogP contribution in [0.3, 0.4) is 0 Å². The lowest BCUT2D eigenvalue weighted by molar-refractivity contribution is 0.332. The predicted molar refractivity (Wildman–Crippen MR) is 82.0 cm³/mol. The second-order valence-electron chi connectivity index (χ2n) is 5.25. The molecule has 1 aromatic carbocycles. The van der Waals surface area contributed by atoms with Crippen LogP contribution in [0.2, 0.25) is 0 Å². The summed E-state index contributed by atoms with van der Waals surface area (Å²) < 4.78 is 0. The van der Waals surface area contributed by atoms with Crippen molar-refractivity contribution in [3.8, 4) is 6.07 Å². The number of nitrogens with zero attached hydrogens (tertiary/aromatic N) is 1. The molecule has 0 radical (unpaired) electrons. The summed E-state index contributed by atoms with van der Waals surface area (Å²) in [5.74, 6) is 2.74. The van der Waals surface area contributed by atoms with Crippen LogP contribution in [0.25, 0.3) is 0 Å². The first-order chi connectivity index (χ1) is 9.30. The molecule has 2 rings (SSSR count). The summed E-state index contributed by atoms with van der Waals surface area (Å²) in [6.07, 6.45) is 4.53. The molecule has 0 spiro atoms. The summed E-state index contributed by atoms with van der Waals surface area (Å²) in [7, 11) is 1.93. The fourth-order valence-corrected chi connectivity index (χ4v) is 4.01. The van der Waals surface area contributed by atoms with Crippen LogP contribution in [0.1, 0.15) is 31.2 Å². The highest BCUT2D eigenvalue weighted by Gasteiger charge is 2.41. The predicted octanol–water partition coefficient (Wildman–Crippen LogP) is 3.59. The highest BCUT2D eigenvalue weighted by atomic mass is 32.2. The Morgan fingerprint density at radius 2 is 2.21 bits per heavy atom. The highest BCUT2D eigenvalue weighted by molar-refractivity contribution is 7.98. The zero-order valence-corrected chi connectivity index (χ0v) is 12.4. The monoisotopic (exact) mass is 274 g/mol. The number of hydrogen-bond donors (Lipinski definition) is 1. The van der Waals surface area contributed by atoms with Gasteiger partial charge >= 0.3 is 0 Å². The Balaban J connectivity index is 1.75. The Hall–Kier alpha value is -0.980. The third kappa shape index (κ3) is 3.52. The van der Waals surface area contributed by atoms with E-state index in [1.54, 1.807) is 0 Å². The molecule has 0 heterocycles. The van der Waals surface area contributed by atoms with Crippen LogP contribution >= 0.6 is 11.8 Å². The summed E-state index contributed by atoms with van der Waals surface area (Å²) >= 11 is 1.98. The van der Waals surface area contributed by atoms with Gasteiger partial charge in [-0.1, -0.05) is 36.8 Å². The number of nitrogens with one attached hydrogen (secondary N) is 1. The SMILES string of the molecule is CNC1(C#N)CCCC1CCSCc1ccccc1. The van der Waals surface area contributed by atoms with Gasteiger partial charge < -0.3 is 5.32 Å². The number of thioether (sulfide) groups is 1. The van der Waals surface area contributed by atoms with E-state index in [1.165, 1.54) is 18.4 Å². The van der Waals surface area contributed by atoms with Gasteiger partial charge in [-0.25, -0.2) is 0 Å². The van der Waals surface area contributed by atoms with Crippen LogP contribution in [0.4, 0.5) is 0 Å². The van der Waals surface area contributed by atoms with Crippen molar-refractivity contribution >= 4 is 11.8 Å². The molecule has 19 heavy (non-hydrogen) atoms. The van der Waals surface area contributed by atoms with Gasteiger partial charge in [0.1, 0.15) is 5.54 Å². The lowest BCUT2D eigenvalue weighted by atomic mass is 9.87. The molecule has 1 aliphatic rings. The first kappa shape index (κ1) is 14.4. The van der Waals surface area contributed by atoms with Crippen LogP contribution in [-0.2, 0) is 5.75 Å². The largest absolute Gasteiger partial charge is 0.302 e. The maximum absolute atomic E-state index is 9.40. The van der Waals surface area contributed by atoms with Crippen molar-refractivity contribution in [3.63, 3.8) is 0 Å². The van der Waals surface area contributed by atoms with E-state index < -0.39 is 0 Å². The van der Waals surface area contributed by atoms with Crippen LogP contribution in [0.5, 0.6) is 0 Å². The summed E-state index contributed by atoms with van der Waals surface area (Å²) in [6.45, 7) is 0. The standard InChI is InChI=1S/C16H22N2S/c1-18-16(13-17)10-5-8-15(16)9-11-19-12-14-6-3-2-4-7-14/h2-4,6-7,15,18H,5,8-12H2,1H3. The van der Waals surface area contributed by atoms with Gasteiger partial charge in [0.2, 0.25) is 0 Å². The van der Waals surface area contributed by atoms with E-state index in [0.717, 1.165) is 24.3 Å². The molecule has 0 amide bonds. The molecule has 1 fully saturated rings. The first-order valence-corrected chi connectivity index (χ1v) is 8.18. The fraction of sp³-hybridized carbons (Fsp3) is 0.562. The van der Waals surface area contributed by atoms with E-state index in [4.69, 9.17) is 0 Å². The van der Waals surface area contributed by atoms with Crippen molar-refractivity contribution in [3.05, 3.63) is 35.9 Å². The molecule has 1 N–H and O–H groups in total. The van der Waals surface area contributed by atoms with Crippen molar-refractivity contribution in [1.82, 2.24) is 5.32 Å². The van der Waals surface area contributed by atoms with E-state index in [1.807, 2.05) is 18.8 Å². The van der Waals surface area contributed by atoms with Gasteiger partial charge in [0, 0.05) is 5.75 Å². The molecule has 2 nitrogen and oxygen atoms in total. The Kier molecular flexibility index (Phi) is 5.30. The summed E-state index contributed by atoms with van der Waals surface area (Å²) in [4.78, 5) is 0. The van der Waals surface area contributed by atoms with Gasteiger partial charge in [-0.05, 0) is 43.5 Å². The Morgan fingerprint density at radius 1 is 1.42 bits per heavy atom. The molecule has 102 valence electrons. The van der Waals surface area contributed by atoms with E-state index in [2.05, 4.69) is 41.7 Å². The molecule has 0 bridgehead atoms. The Morgan fingerprint density at radius 3 is 2.89 bits per heavy atom. The van der Waals surface area contributed by atoms with Gasteiger partial charge in [-0.2, -0.15) is 17.0 Å². The van der Waals surface area contributed by atoms with E-state index in [-0.39, 0.29) is 5.54 Å². The van der Waals surface area contributed by atoms with Crippen molar-refractivity contribution < 1.29 is 0 Å².